The molecule has 26 heavy (non-hydrogen) atoms. The maximum Gasteiger partial charge on any atom is 0.254 e. The maximum atomic E-state index is 12.9. The molecule has 1 amide bonds. The van der Waals surface area contributed by atoms with E-state index in [9.17, 15) is 4.79 Å². The van der Waals surface area contributed by atoms with Crippen LogP contribution in [0.1, 0.15) is 49.5 Å². The third kappa shape index (κ3) is 4.45. The summed E-state index contributed by atoms with van der Waals surface area (Å²) in [5.41, 5.74) is 7.95. The molecule has 4 unspecified atom stereocenters. The first-order chi connectivity index (χ1) is 12.5. The van der Waals surface area contributed by atoms with Crippen LogP contribution in [0.25, 0.3) is 0 Å². The molecule has 2 aliphatic rings. The lowest BCUT2D eigenvalue weighted by molar-refractivity contribution is -0.0704. The fourth-order valence-corrected chi connectivity index (χ4v) is 4.45. The summed E-state index contributed by atoms with van der Waals surface area (Å²) in [7, 11) is 0. The van der Waals surface area contributed by atoms with Crippen molar-refractivity contribution in [3.63, 3.8) is 0 Å². The summed E-state index contributed by atoms with van der Waals surface area (Å²) in [6.45, 7) is 10.6. The Kier molecular flexibility index (Phi) is 6.33. The molecule has 144 valence electrons. The first-order valence-electron chi connectivity index (χ1n) is 9.95. The van der Waals surface area contributed by atoms with Crippen molar-refractivity contribution in [3.05, 3.63) is 35.4 Å². The standard InChI is InChI=1S/C21H33N3O2/c1-15-5-4-10-24(20(15)11-22)21(25)19-8-6-18(7-9-19)14-23-12-16(2)26-17(3)13-23/h6-9,15-17,20H,4-5,10-14,22H2,1-3H3. The number of likely N-dealkylation sites (tertiary alicyclic amines) is 1. The Morgan fingerprint density at radius 1 is 1.15 bits per heavy atom. The highest BCUT2D eigenvalue weighted by molar-refractivity contribution is 5.94. The maximum absolute atomic E-state index is 12.9. The molecule has 0 spiro atoms. The smallest absolute Gasteiger partial charge is 0.254 e. The number of carbonyl (C=O) groups is 1. The van der Waals surface area contributed by atoms with Crippen LogP contribution in [0, 0.1) is 5.92 Å². The molecule has 0 saturated carbocycles. The largest absolute Gasteiger partial charge is 0.373 e. The highest BCUT2D eigenvalue weighted by Gasteiger charge is 2.31. The Hall–Kier alpha value is -1.43. The van der Waals surface area contributed by atoms with Gasteiger partial charge in [0.2, 0.25) is 0 Å². The van der Waals surface area contributed by atoms with Crippen molar-refractivity contribution in [1.82, 2.24) is 9.80 Å². The molecule has 0 radical (unpaired) electrons. The minimum atomic E-state index is 0.118. The van der Waals surface area contributed by atoms with Gasteiger partial charge in [0.05, 0.1) is 12.2 Å². The fraction of sp³-hybridized carbons (Fsp3) is 0.667. The third-order valence-electron chi connectivity index (χ3n) is 5.72. The minimum absolute atomic E-state index is 0.118. The number of benzene rings is 1. The van der Waals surface area contributed by atoms with Crippen LogP contribution in [0.5, 0.6) is 0 Å². The predicted octanol–water partition coefficient (Wildman–Crippen LogP) is 2.50. The van der Waals surface area contributed by atoms with Crippen molar-refractivity contribution < 1.29 is 9.53 Å². The van der Waals surface area contributed by atoms with Gasteiger partial charge in [-0.1, -0.05) is 19.1 Å². The van der Waals surface area contributed by atoms with E-state index in [-0.39, 0.29) is 24.2 Å². The Morgan fingerprint density at radius 3 is 2.42 bits per heavy atom. The second-order valence-corrected chi connectivity index (χ2v) is 8.07. The van der Waals surface area contributed by atoms with Gasteiger partial charge in [-0.15, -0.1) is 0 Å². The molecule has 1 aromatic rings. The number of carbonyl (C=O) groups excluding carboxylic acids is 1. The SMILES string of the molecule is CC1CN(Cc2ccc(C(=O)N3CCCC(C)C3CN)cc2)CC(C)O1. The van der Waals surface area contributed by atoms with Crippen LogP contribution in [-0.4, -0.2) is 60.1 Å². The van der Waals surface area contributed by atoms with Gasteiger partial charge in [-0.3, -0.25) is 9.69 Å². The number of hydrogen-bond acceptors (Lipinski definition) is 4. The zero-order chi connectivity index (χ0) is 18.7. The van der Waals surface area contributed by atoms with Crippen LogP contribution < -0.4 is 5.73 Å². The van der Waals surface area contributed by atoms with Crippen LogP contribution >= 0.6 is 0 Å². The summed E-state index contributed by atoms with van der Waals surface area (Å²) in [6, 6.07) is 8.27. The van der Waals surface area contributed by atoms with Gasteiger partial charge in [-0.2, -0.15) is 0 Å². The Bertz CT molecular complexity index is 594. The first kappa shape index (κ1) is 19.3. The Balaban J connectivity index is 1.64. The topological polar surface area (TPSA) is 58.8 Å². The number of piperidine rings is 1. The monoisotopic (exact) mass is 359 g/mol. The zero-order valence-electron chi connectivity index (χ0n) is 16.4. The number of amides is 1. The summed E-state index contributed by atoms with van der Waals surface area (Å²) in [5, 5.41) is 0. The Labute approximate surface area is 157 Å². The summed E-state index contributed by atoms with van der Waals surface area (Å²) >= 11 is 0. The van der Waals surface area contributed by atoms with Gasteiger partial charge in [0.25, 0.3) is 5.91 Å². The highest BCUT2D eigenvalue weighted by Crippen LogP contribution is 2.24. The first-order valence-corrected chi connectivity index (χ1v) is 9.95. The highest BCUT2D eigenvalue weighted by atomic mass is 16.5. The van der Waals surface area contributed by atoms with Crippen molar-refractivity contribution in [2.45, 2.75) is 58.4 Å². The lowest BCUT2D eigenvalue weighted by atomic mass is 9.90. The van der Waals surface area contributed by atoms with E-state index >= 15 is 0 Å². The van der Waals surface area contributed by atoms with E-state index in [1.165, 1.54) is 5.56 Å². The van der Waals surface area contributed by atoms with Gasteiger partial charge >= 0.3 is 0 Å². The van der Waals surface area contributed by atoms with Crippen LogP contribution in [0.3, 0.4) is 0 Å². The number of ether oxygens (including phenoxy) is 1. The van der Waals surface area contributed by atoms with Crippen molar-refractivity contribution >= 4 is 5.91 Å². The van der Waals surface area contributed by atoms with Crippen molar-refractivity contribution in [2.75, 3.05) is 26.2 Å². The molecule has 2 aliphatic heterocycles. The molecule has 0 bridgehead atoms. The average molecular weight is 360 g/mol. The van der Waals surface area contributed by atoms with E-state index < -0.39 is 0 Å². The quantitative estimate of drug-likeness (QED) is 0.897. The van der Waals surface area contributed by atoms with Gasteiger partial charge in [0.15, 0.2) is 0 Å². The molecule has 1 aromatic carbocycles. The van der Waals surface area contributed by atoms with E-state index in [4.69, 9.17) is 10.5 Å². The third-order valence-corrected chi connectivity index (χ3v) is 5.72. The summed E-state index contributed by atoms with van der Waals surface area (Å²) < 4.78 is 5.80. The van der Waals surface area contributed by atoms with Crippen LogP contribution in [0.4, 0.5) is 0 Å². The van der Waals surface area contributed by atoms with Gasteiger partial charge in [0, 0.05) is 44.3 Å². The lowest BCUT2D eigenvalue weighted by Crippen LogP contribution is -2.51. The number of hydrogen-bond donors (Lipinski definition) is 1. The number of rotatable bonds is 4. The molecule has 4 atom stereocenters. The molecule has 0 aliphatic carbocycles. The molecule has 5 heteroatoms. The second-order valence-electron chi connectivity index (χ2n) is 8.07. The van der Waals surface area contributed by atoms with E-state index in [0.29, 0.717) is 12.5 Å². The van der Waals surface area contributed by atoms with Gasteiger partial charge < -0.3 is 15.4 Å². The van der Waals surface area contributed by atoms with Crippen LogP contribution in [-0.2, 0) is 11.3 Å². The minimum Gasteiger partial charge on any atom is -0.373 e. The van der Waals surface area contributed by atoms with E-state index in [1.807, 2.05) is 17.0 Å². The van der Waals surface area contributed by atoms with Crippen molar-refractivity contribution in [1.29, 1.82) is 0 Å². The van der Waals surface area contributed by atoms with E-state index in [1.54, 1.807) is 0 Å². The molecule has 5 nitrogen and oxygen atoms in total. The molecular formula is C21H33N3O2. The van der Waals surface area contributed by atoms with Gasteiger partial charge in [-0.25, -0.2) is 0 Å². The molecule has 2 heterocycles. The fourth-order valence-electron chi connectivity index (χ4n) is 4.45. The molecule has 2 fully saturated rings. The predicted molar refractivity (Wildman–Crippen MR) is 104 cm³/mol. The molecule has 2 N–H and O–H groups in total. The van der Waals surface area contributed by atoms with Crippen LogP contribution in [0.2, 0.25) is 0 Å². The van der Waals surface area contributed by atoms with Gasteiger partial charge in [0.1, 0.15) is 0 Å². The number of nitrogens with zero attached hydrogens (tertiary/aromatic N) is 2. The summed E-state index contributed by atoms with van der Waals surface area (Å²) in [5.74, 6) is 0.592. The Morgan fingerprint density at radius 2 is 1.81 bits per heavy atom. The molecular weight excluding hydrogens is 326 g/mol. The second kappa shape index (κ2) is 8.51. The summed E-state index contributed by atoms with van der Waals surface area (Å²) in [6.07, 6.45) is 2.76. The zero-order valence-corrected chi connectivity index (χ0v) is 16.4. The van der Waals surface area contributed by atoms with E-state index in [0.717, 1.165) is 44.6 Å². The number of morpholine rings is 1. The van der Waals surface area contributed by atoms with Gasteiger partial charge in [-0.05, 0) is 50.3 Å². The molecule has 2 saturated heterocycles. The summed E-state index contributed by atoms with van der Waals surface area (Å²) in [4.78, 5) is 17.3. The van der Waals surface area contributed by atoms with Crippen molar-refractivity contribution in [3.8, 4) is 0 Å². The molecule has 3 rings (SSSR count). The lowest BCUT2D eigenvalue weighted by Gasteiger charge is -2.39. The molecule has 0 aromatic heterocycles. The average Bonchev–Trinajstić information content (AvgIpc) is 2.60. The van der Waals surface area contributed by atoms with Crippen molar-refractivity contribution in [2.24, 2.45) is 11.7 Å². The normalized spacial score (nSPS) is 30.4. The van der Waals surface area contributed by atoms with Crippen LogP contribution in [0.15, 0.2) is 24.3 Å². The number of nitrogens with two attached hydrogens (primary N) is 1. The van der Waals surface area contributed by atoms with E-state index in [2.05, 4.69) is 37.8 Å².